The van der Waals surface area contributed by atoms with Gasteiger partial charge in [-0.3, -0.25) is 0 Å². The molecule has 2 bridgehead atoms. The number of hydrogen-bond acceptors (Lipinski definition) is 1. The lowest BCUT2D eigenvalue weighted by Gasteiger charge is -2.30. The molecule has 1 heteroatoms. The average Bonchev–Trinajstić information content (AvgIpc) is 2.76. The molecule has 1 aliphatic heterocycles. The molecule has 68 valence electrons. The third-order valence-corrected chi connectivity index (χ3v) is 4.62. The first-order valence-corrected chi connectivity index (χ1v) is 5.64. The van der Waals surface area contributed by atoms with Crippen molar-refractivity contribution >= 4 is 0 Å². The van der Waals surface area contributed by atoms with Crippen molar-refractivity contribution in [1.29, 1.82) is 0 Å². The summed E-state index contributed by atoms with van der Waals surface area (Å²) < 4.78 is 0. The number of nitrogens with zero attached hydrogens (tertiary/aromatic N) is 1. The standard InChI is InChI=1S/C11H19N/c1-2-12-6-5-10-8-3-4-9(7-8)11(10)12/h8-11H,2-7H2,1H3. The van der Waals surface area contributed by atoms with E-state index in [0.29, 0.717) is 0 Å². The maximum atomic E-state index is 2.74. The number of hydrogen-bond donors (Lipinski definition) is 0. The molecule has 2 aliphatic carbocycles. The third kappa shape index (κ3) is 0.783. The summed E-state index contributed by atoms with van der Waals surface area (Å²) in [6.45, 7) is 5.03. The van der Waals surface area contributed by atoms with Crippen LogP contribution < -0.4 is 0 Å². The average molecular weight is 165 g/mol. The molecule has 3 rings (SSSR count). The SMILES string of the molecule is CCN1CCC2C3CCC(C3)C21. The van der Waals surface area contributed by atoms with E-state index in [-0.39, 0.29) is 0 Å². The summed E-state index contributed by atoms with van der Waals surface area (Å²) in [4.78, 5) is 2.74. The first kappa shape index (κ1) is 7.37. The van der Waals surface area contributed by atoms with Crippen molar-refractivity contribution in [1.82, 2.24) is 4.90 Å². The lowest BCUT2D eigenvalue weighted by atomic mass is 9.85. The molecule has 12 heavy (non-hydrogen) atoms. The number of rotatable bonds is 1. The molecule has 0 amide bonds. The van der Waals surface area contributed by atoms with Crippen LogP contribution in [0.2, 0.25) is 0 Å². The molecule has 3 aliphatic rings. The number of likely N-dealkylation sites (tertiary alicyclic amines) is 1. The summed E-state index contributed by atoms with van der Waals surface area (Å²) in [5, 5.41) is 0. The molecule has 0 aromatic heterocycles. The van der Waals surface area contributed by atoms with E-state index in [1.165, 1.54) is 19.5 Å². The van der Waals surface area contributed by atoms with E-state index in [4.69, 9.17) is 0 Å². The topological polar surface area (TPSA) is 3.24 Å². The van der Waals surface area contributed by atoms with Crippen molar-refractivity contribution < 1.29 is 0 Å². The molecule has 3 fully saturated rings. The second-order valence-electron chi connectivity index (χ2n) is 4.90. The van der Waals surface area contributed by atoms with Gasteiger partial charge in [-0.1, -0.05) is 6.92 Å². The van der Waals surface area contributed by atoms with Gasteiger partial charge in [0.05, 0.1) is 0 Å². The number of fused-ring (bicyclic) bond motifs is 5. The Morgan fingerprint density at radius 2 is 2.00 bits per heavy atom. The van der Waals surface area contributed by atoms with Crippen LogP contribution in [-0.4, -0.2) is 24.0 Å². The fraction of sp³-hybridized carbons (Fsp3) is 1.00. The maximum absolute atomic E-state index is 2.74. The highest BCUT2D eigenvalue weighted by atomic mass is 15.2. The highest BCUT2D eigenvalue weighted by Gasteiger charge is 2.51. The van der Waals surface area contributed by atoms with E-state index in [1.54, 1.807) is 19.3 Å². The normalized spacial score (nSPS) is 51.8. The summed E-state index contributed by atoms with van der Waals surface area (Å²) >= 11 is 0. The van der Waals surface area contributed by atoms with E-state index < -0.39 is 0 Å². The highest BCUT2D eigenvalue weighted by molar-refractivity contribution is 5.04. The van der Waals surface area contributed by atoms with Crippen molar-refractivity contribution in [3.63, 3.8) is 0 Å². The fourth-order valence-corrected chi connectivity index (χ4v) is 4.19. The molecule has 0 radical (unpaired) electrons. The van der Waals surface area contributed by atoms with Crippen LogP contribution in [0.25, 0.3) is 0 Å². The Kier molecular flexibility index (Phi) is 1.52. The Balaban J connectivity index is 1.85. The lowest BCUT2D eigenvalue weighted by molar-refractivity contribution is 0.176. The zero-order chi connectivity index (χ0) is 8.13. The Morgan fingerprint density at radius 3 is 2.83 bits per heavy atom. The van der Waals surface area contributed by atoms with Gasteiger partial charge in [0.25, 0.3) is 0 Å². The van der Waals surface area contributed by atoms with Gasteiger partial charge in [0.2, 0.25) is 0 Å². The molecule has 1 heterocycles. The van der Waals surface area contributed by atoms with Crippen molar-refractivity contribution in [2.24, 2.45) is 17.8 Å². The highest BCUT2D eigenvalue weighted by Crippen LogP contribution is 2.54. The van der Waals surface area contributed by atoms with E-state index in [0.717, 1.165) is 23.8 Å². The minimum atomic E-state index is 1.02. The summed E-state index contributed by atoms with van der Waals surface area (Å²) in [7, 11) is 0. The van der Waals surface area contributed by atoms with E-state index in [9.17, 15) is 0 Å². The first-order valence-electron chi connectivity index (χ1n) is 5.64. The Bertz CT molecular complexity index is 187. The Labute approximate surface area is 75.1 Å². The van der Waals surface area contributed by atoms with E-state index in [1.807, 2.05) is 0 Å². The van der Waals surface area contributed by atoms with Crippen LogP contribution >= 0.6 is 0 Å². The van der Waals surface area contributed by atoms with E-state index in [2.05, 4.69) is 11.8 Å². The molecule has 4 unspecified atom stereocenters. The molecule has 2 saturated carbocycles. The largest absolute Gasteiger partial charge is 0.300 e. The second kappa shape index (κ2) is 2.47. The van der Waals surface area contributed by atoms with Gasteiger partial charge >= 0.3 is 0 Å². The molecule has 0 N–H and O–H groups in total. The fourth-order valence-electron chi connectivity index (χ4n) is 4.19. The molecular weight excluding hydrogens is 146 g/mol. The van der Waals surface area contributed by atoms with Gasteiger partial charge in [0, 0.05) is 6.04 Å². The molecule has 1 nitrogen and oxygen atoms in total. The van der Waals surface area contributed by atoms with Gasteiger partial charge in [-0.05, 0) is 56.5 Å². The minimum absolute atomic E-state index is 1.02. The predicted octanol–water partition coefficient (Wildman–Crippen LogP) is 2.13. The smallest absolute Gasteiger partial charge is 0.0155 e. The van der Waals surface area contributed by atoms with E-state index >= 15 is 0 Å². The molecular formula is C11H19N. The van der Waals surface area contributed by atoms with Crippen LogP contribution in [0.5, 0.6) is 0 Å². The van der Waals surface area contributed by atoms with Gasteiger partial charge in [0.1, 0.15) is 0 Å². The van der Waals surface area contributed by atoms with Crippen LogP contribution in [0, 0.1) is 17.8 Å². The van der Waals surface area contributed by atoms with Gasteiger partial charge in [-0.25, -0.2) is 0 Å². The van der Waals surface area contributed by atoms with Crippen LogP contribution in [0.4, 0.5) is 0 Å². The quantitative estimate of drug-likeness (QED) is 0.575. The zero-order valence-electron chi connectivity index (χ0n) is 8.00. The maximum Gasteiger partial charge on any atom is 0.0155 e. The zero-order valence-corrected chi connectivity index (χ0v) is 8.00. The van der Waals surface area contributed by atoms with Crippen LogP contribution in [-0.2, 0) is 0 Å². The second-order valence-corrected chi connectivity index (χ2v) is 4.90. The van der Waals surface area contributed by atoms with Crippen LogP contribution in [0.15, 0.2) is 0 Å². The Hall–Kier alpha value is -0.0400. The molecule has 0 aromatic carbocycles. The van der Waals surface area contributed by atoms with Crippen molar-refractivity contribution in [3.8, 4) is 0 Å². The third-order valence-electron chi connectivity index (χ3n) is 4.62. The summed E-state index contributed by atoms with van der Waals surface area (Å²) in [6.07, 6.45) is 6.19. The van der Waals surface area contributed by atoms with Gasteiger partial charge < -0.3 is 4.90 Å². The predicted molar refractivity (Wildman–Crippen MR) is 50.0 cm³/mol. The van der Waals surface area contributed by atoms with Gasteiger partial charge in [-0.2, -0.15) is 0 Å². The molecule has 1 saturated heterocycles. The lowest BCUT2D eigenvalue weighted by Crippen LogP contribution is -2.36. The first-order chi connectivity index (χ1) is 5.90. The van der Waals surface area contributed by atoms with Crippen molar-refractivity contribution in [2.75, 3.05) is 13.1 Å². The molecule has 0 aromatic rings. The van der Waals surface area contributed by atoms with Gasteiger partial charge in [-0.15, -0.1) is 0 Å². The summed E-state index contributed by atoms with van der Waals surface area (Å²) in [5.41, 5.74) is 0. The summed E-state index contributed by atoms with van der Waals surface area (Å²) in [5.74, 6) is 3.35. The van der Waals surface area contributed by atoms with Crippen molar-refractivity contribution in [2.45, 2.75) is 38.6 Å². The van der Waals surface area contributed by atoms with Crippen LogP contribution in [0.1, 0.15) is 32.6 Å². The Morgan fingerprint density at radius 1 is 1.17 bits per heavy atom. The molecule has 4 atom stereocenters. The van der Waals surface area contributed by atoms with Crippen LogP contribution in [0.3, 0.4) is 0 Å². The van der Waals surface area contributed by atoms with Gasteiger partial charge in [0.15, 0.2) is 0 Å². The summed E-state index contributed by atoms with van der Waals surface area (Å²) in [6, 6.07) is 1.02. The minimum Gasteiger partial charge on any atom is -0.300 e. The van der Waals surface area contributed by atoms with Crippen molar-refractivity contribution in [3.05, 3.63) is 0 Å². The molecule has 0 spiro atoms. The monoisotopic (exact) mass is 165 g/mol.